The Labute approximate surface area is 840 Å². The van der Waals surface area contributed by atoms with Crippen LogP contribution in [0.25, 0.3) is 0 Å². The first-order valence-corrected chi connectivity index (χ1v) is 47.3. The molecule has 6 aromatic rings. The number of benzene rings is 6. The maximum Gasteiger partial charge on any atom is 1.00 e. The SMILES string of the molecule is C.C.O=C(O)C(F)(F)S(=O)(=O)[O-].O=C(OCC12CC3CC(CC(C3)C1)C2)C(F)(F)SOO[O-].O=C(OCC12CC3CC(CC(C3)C1)C2)C(F)(F)SOO[O-].O=C(OCC12CC3CC(CC(C3)C1)C2)C(F)(F)SOO[O-].OCC12CC3CC(CC(C3)C1)C2.[Cl-].[Na+].[Na+].[Na+].c1ccc([S+](c2ccccc2)c2ccccc2)cc1.c1ccc([S+](c2ccccc2)c2ccccc2)cc1. The number of carbonyl (C=O) groups excluding carboxylic acids is 3. The number of hydrogen-bond donors (Lipinski definition) is 2. The number of hydrogen-bond acceptors (Lipinski definition) is 23. The largest absolute Gasteiger partial charge is 1.00 e. The molecule has 0 aromatic heterocycles. The van der Waals surface area contributed by atoms with Crippen LogP contribution in [-0.2, 0) is 93.4 Å². The summed E-state index contributed by atoms with van der Waals surface area (Å²) in [5, 5.41) is 37.0. The van der Waals surface area contributed by atoms with Gasteiger partial charge < -0.3 is 57.2 Å². The predicted octanol–water partition coefficient (Wildman–Crippen LogP) is 6.89. The third kappa shape index (κ3) is 31.3. The van der Waals surface area contributed by atoms with Crippen molar-refractivity contribution < 1.29 is 237 Å². The Morgan fingerprint density at radius 1 is 0.349 bits per heavy atom. The monoisotopic (exact) mass is 1970 g/mol. The van der Waals surface area contributed by atoms with Crippen LogP contribution < -0.4 is 117 Å². The average molecular weight is 1970 g/mol. The third-order valence-corrected chi connectivity index (χ3v) is 32.9. The maximum absolute atomic E-state index is 13.3. The van der Waals surface area contributed by atoms with E-state index in [1.807, 2.05) is 0 Å². The fourth-order valence-corrected chi connectivity index (χ4v) is 28.5. The van der Waals surface area contributed by atoms with Gasteiger partial charge in [0.1, 0.15) is 36.1 Å². The molecule has 16 fully saturated rings. The molecule has 0 spiro atoms. The summed E-state index contributed by atoms with van der Waals surface area (Å²) >= 11 is -1.92. The molecule has 2 N–H and O–H groups in total. The Balaban J connectivity index is 0.000000233. The van der Waals surface area contributed by atoms with Gasteiger partial charge in [0.2, 0.25) is 0 Å². The summed E-state index contributed by atoms with van der Waals surface area (Å²) in [5.41, 5.74) is 0.0257. The van der Waals surface area contributed by atoms with E-state index < -0.39 is 91.1 Å². The van der Waals surface area contributed by atoms with Crippen molar-refractivity contribution in [3.8, 4) is 0 Å². The molecule has 16 saturated carbocycles. The quantitative estimate of drug-likeness (QED) is 0.00610. The normalized spacial score (nSPS) is 27.8. The van der Waals surface area contributed by atoms with Crippen LogP contribution in [0.4, 0.5) is 35.1 Å². The van der Waals surface area contributed by atoms with Gasteiger partial charge >= 0.3 is 134 Å². The van der Waals surface area contributed by atoms with E-state index in [9.17, 15) is 88.2 Å². The number of carboxylic acids is 1. The zero-order chi connectivity index (χ0) is 87.9. The first-order valence-electron chi connectivity index (χ1n) is 41.2. The van der Waals surface area contributed by atoms with Crippen LogP contribution in [-0.4, -0.2) is 94.5 Å². The standard InChI is InChI=1S/2C18H15S.3C13H18F2O5S.C11H18O.C2H2F2O5S.2CH4.ClH.3Na/c2*1-4-10-16(11-5-1)19(17-12-6-2-7-13-17)18-14-8-3-9-15-18;3*14-13(15,21-20-19-17)11(16)18-7-12-4-8-1-9(5-12)3-10(2-8)6-12;12-7-11-4-8-1-9(5-11)3-10(2-8)6-11;3-2(4,1(5)6)10(7,8)9;;;;;;/h2*1-15H;3*8-10,17H,1-7H2;8-10,12H,1-7H2;(H,5,6)(H,7,8,9);2*1H4;1H;;;/q2*+1;;;;;;;;;3*+1/p-5. The van der Waals surface area contributed by atoms with Crippen molar-refractivity contribution in [3.63, 3.8) is 0 Å². The first-order chi connectivity index (χ1) is 58.7. The third-order valence-electron chi connectivity index (χ3n) is 26.2. The summed E-state index contributed by atoms with van der Waals surface area (Å²) in [7, 11) is -6.11. The second-order valence-electron chi connectivity index (χ2n) is 35.5. The van der Waals surface area contributed by atoms with E-state index in [-0.39, 0.29) is 174 Å². The molecule has 0 atom stereocenters. The molecule has 16 aliphatic carbocycles. The molecule has 6 aromatic carbocycles. The number of alkyl halides is 8. The second kappa shape index (κ2) is 51.7. The molecule has 21 nitrogen and oxygen atoms in total. The Morgan fingerprint density at radius 3 is 0.643 bits per heavy atom. The van der Waals surface area contributed by atoms with Crippen LogP contribution >= 0.6 is 36.1 Å². The van der Waals surface area contributed by atoms with Crippen molar-refractivity contribution in [2.24, 2.45) is 92.7 Å². The van der Waals surface area contributed by atoms with Gasteiger partial charge in [-0.25, -0.2) is 27.6 Å². The minimum Gasteiger partial charge on any atom is -1.00 e. The molecule has 0 saturated heterocycles. The molecule has 39 heteroatoms. The number of esters is 3. The average Bonchev–Trinajstić information content (AvgIpc) is 0.762. The van der Waals surface area contributed by atoms with Crippen molar-refractivity contribution in [2.45, 2.75) is 219 Å². The van der Waals surface area contributed by atoms with Crippen molar-refractivity contribution in [1.82, 2.24) is 0 Å². The Bertz CT molecular complexity index is 3890. The van der Waals surface area contributed by atoms with Gasteiger partial charge in [0.25, 0.3) is 0 Å². The smallest absolute Gasteiger partial charge is 1.00 e. The van der Waals surface area contributed by atoms with Crippen LogP contribution in [0.3, 0.4) is 0 Å². The van der Waals surface area contributed by atoms with Gasteiger partial charge in [0, 0.05) is 22.9 Å². The van der Waals surface area contributed by atoms with E-state index >= 15 is 0 Å². The number of halogens is 9. The fourth-order valence-electron chi connectivity index (χ4n) is 23.3. The topological polar surface area (TPSA) is 318 Å². The van der Waals surface area contributed by atoms with Gasteiger partial charge in [-0.2, -0.15) is 48.1 Å². The molecule has 0 aliphatic heterocycles. The van der Waals surface area contributed by atoms with Gasteiger partial charge in [0.15, 0.2) is 39.5 Å². The predicted molar refractivity (Wildman–Crippen MR) is 445 cm³/mol. The van der Waals surface area contributed by atoms with Crippen LogP contribution in [0.15, 0.2) is 211 Å². The second-order valence-corrected chi connectivity index (χ2v) is 43.5. The maximum atomic E-state index is 13.3. The molecular weight excluding hydrogens is 1870 g/mol. The molecule has 0 radical (unpaired) electrons. The molecule has 22 rings (SSSR count). The summed E-state index contributed by atoms with van der Waals surface area (Å²) in [6.45, 7) is 0.563. The molecule has 16 aliphatic rings. The molecule has 16 bridgehead atoms. The van der Waals surface area contributed by atoms with Crippen molar-refractivity contribution >= 4 is 91.9 Å². The summed E-state index contributed by atoms with van der Waals surface area (Å²) in [5.74, 6) is 0.849. The fraction of sp³-hybridized carbons (Fsp3) is 0.556. The van der Waals surface area contributed by atoms with Gasteiger partial charge in [0.05, 0.1) is 41.6 Å². The summed E-state index contributed by atoms with van der Waals surface area (Å²) in [6.07, 6.45) is 28.2. The molecule has 0 heterocycles. The minimum atomic E-state index is -6.08. The molecule has 0 amide bonds. The van der Waals surface area contributed by atoms with E-state index in [4.69, 9.17) is 19.3 Å². The summed E-state index contributed by atoms with van der Waals surface area (Å²) in [6, 6.07) is 64.3. The van der Waals surface area contributed by atoms with Crippen molar-refractivity contribution in [3.05, 3.63) is 182 Å². The molecule has 696 valence electrons. The number of aliphatic hydroxyl groups is 1. The van der Waals surface area contributed by atoms with Crippen LogP contribution in [0.5, 0.6) is 0 Å². The molecule has 129 heavy (non-hydrogen) atoms. The number of ether oxygens (including phenoxy) is 3. The van der Waals surface area contributed by atoms with E-state index in [1.54, 1.807) is 0 Å². The Kier molecular flexibility index (Phi) is 46.1. The summed E-state index contributed by atoms with van der Waals surface area (Å²) in [4.78, 5) is 51.8. The number of rotatable bonds is 27. The van der Waals surface area contributed by atoms with Gasteiger partial charge in [-0.3, -0.25) is 15.1 Å². The van der Waals surface area contributed by atoms with Crippen LogP contribution in [0.1, 0.15) is 169 Å². The van der Waals surface area contributed by atoms with Gasteiger partial charge in [-0.05, 0) is 303 Å². The van der Waals surface area contributed by atoms with E-state index in [1.165, 1.54) is 126 Å². The number of aliphatic hydroxyl groups excluding tert-OH is 1. The van der Waals surface area contributed by atoms with Gasteiger partial charge in [-0.15, -0.1) is 0 Å². The van der Waals surface area contributed by atoms with E-state index in [0.717, 1.165) is 75.5 Å². The number of aliphatic carboxylic acids is 1. The van der Waals surface area contributed by atoms with Crippen molar-refractivity contribution in [2.75, 3.05) is 26.4 Å². The Hall–Kier alpha value is -2.81. The van der Waals surface area contributed by atoms with Crippen LogP contribution in [0, 0.1) is 92.7 Å². The molecule has 0 unspecified atom stereocenters. The van der Waals surface area contributed by atoms with Crippen LogP contribution in [0.2, 0.25) is 0 Å². The van der Waals surface area contributed by atoms with E-state index in [2.05, 4.69) is 210 Å². The number of carboxylic acid groups (broad SMARTS) is 1. The zero-order valence-corrected chi connectivity index (χ0v) is 82.2. The first kappa shape index (κ1) is 115. The molecular formula is C90H108ClF8Na3O21S6. The van der Waals surface area contributed by atoms with E-state index in [0.29, 0.717) is 65.3 Å². The van der Waals surface area contributed by atoms with Gasteiger partial charge in [-0.1, -0.05) is 124 Å². The zero-order valence-electron chi connectivity index (χ0n) is 70.6. The Morgan fingerprint density at radius 2 is 0.512 bits per heavy atom. The summed E-state index contributed by atoms with van der Waals surface area (Å²) < 4.78 is 156. The minimum absolute atomic E-state index is 0. The van der Waals surface area contributed by atoms with Crippen molar-refractivity contribution in [1.29, 1.82) is 0 Å². The number of carbonyl (C=O) groups is 4.